The first-order valence-corrected chi connectivity index (χ1v) is 5.59. The Morgan fingerprint density at radius 1 is 1.56 bits per heavy atom. The van der Waals surface area contributed by atoms with Crippen LogP contribution in [0.15, 0.2) is 36.4 Å². The van der Waals surface area contributed by atoms with Gasteiger partial charge >= 0.3 is 5.97 Å². The Bertz CT molecular complexity index is 385. The third kappa shape index (κ3) is 4.07. The predicted molar refractivity (Wildman–Crippen MR) is 65.7 cm³/mol. The van der Waals surface area contributed by atoms with E-state index < -0.39 is 5.97 Å². The van der Waals surface area contributed by atoms with Crippen molar-refractivity contribution >= 4 is 17.6 Å². The van der Waals surface area contributed by atoms with Crippen molar-refractivity contribution in [2.45, 2.75) is 19.8 Å². The molecule has 0 fully saturated rings. The number of carboxylic acid groups (broad SMARTS) is 1. The fourth-order valence-electron chi connectivity index (χ4n) is 1.52. The van der Waals surface area contributed by atoms with Crippen molar-refractivity contribution in [1.29, 1.82) is 0 Å². The fraction of sp³-hybridized carbons (Fsp3) is 0.308. The van der Waals surface area contributed by atoms with Gasteiger partial charge in [-0.05, 0) is 37.5 Å². The highest BCUT2D eigenvalue weighted by Gasteiger charge is 2.16. The summed E-state index contributed by atoms with van der Waals surface area (Å²) in [4.78, 5) is 11.0. The minimum atomic E-state index is -0.766. The molecular formula is C13H15ClO2. The van der Waals surface area contributed by atoms with Crippen LogP contribution in [0.25, 0.3) is 0 Å². The van der Waals surface area contributed by atoms with Gasteiger partial charge in [0.15, 0.2) is 0 Å². The van der Waals surface area contributed by atoms with E-state index >= 15 is 0 Å². The zero-order valence-electron chi connectivity index (χ0n) is 9.19. The molecule has 1 unspecified atom stereocenters. The van der Waals surface area contributed by atoms with Gasteiger partial charge in [0.1, 0.15) is 0 Å². The normalized spacial score (nSPS) is 12.9. The zero-order valence-corrected chi connectivity index (χ0v) is 9.95. The lowest BCUT2D eigenvalue weighted by molar-refractivity contribution is -0.141. The van der Waals surface area contributed by atoms with E-state index in [2.05, 4.69) is 0 Å². The molecule has 0 aliphatic rings. The van der Waals surface area contributed by atoms with Crippen molar-refractivity contribution in [3.05, 3.63) is 47.0 Å². The zero-order chi connectivity index (χ0) is 12.0. The minimum absolute atomic E-state index is 0.380. The van der Waals surface area contributed by atoms with Gasteiger partial charge in [-0.15, -0.1) is 0 Å². The van der Waals surface area contributed by atoms with Crippen LogP contribution < -0.4 is 0 Å². The van der Waals surface area contributed by atoms with Gasteiger partial charge in [-0.2, -0.15) is 0 Å². The molecule has 86 valence electrons. The first kappa shape index (κ1) is 12.8. The van der Waals surface area contributed by atoms with Crippen LogP contribution in [0.5, 0.6) is 0 Å². The number of carboxylic acids is 1. The summed E-state index contributed by atoms with van der Waals surface area (Å²) in [7, 11) is 0. The lowest BCUT2D eigenvalue weighted by Crippen LogP contribution is -2.15. The summed E-state index contributed by atoms with van der Waals surface area (Å²) in [5, 5.41) is 9.71. The first-order valence-electron chi connectivity index (χ1n) is 5.22. The van der Waals surface area contributed by atoms with E-state index in [1.54, 1.807) is 6.07 Å². The second-order valence-corrected chi connectivity index (χ2v) is 4.11. The van der Waals surface area contributed by atoms with E-state index in [9.17, 15) is 4.79 Å². The Kier molecular flexibility index (Phi) is 5.06. The molecule has 0 amide bonds. The number of carbonyl (C=O) groups is 1. The quantitative estimate of drug-likeness (QED) is 0.797. The van der Waals surface area contributed by atoms with Crippen molar-refractivity contribution in [3.8, 4) is 0 Å². The molecule has 0 saturated heterocycles. The standard InChI is InChI=1S/C13H15ClO2/c1-2-3-6-11(13(15)16)8-10-5-4-7-12(14)9-10/h2-5,7,9,11H,6,8H2,1H3,(H,15,16). The highest BCUT2D eigenvalue weighted by molar-refractivity contribution is 6.30. The van der Waals surface area contributed by atoms with Gasteiger partial charge in [-0.25, -0.2) is 0 Å². The number of hydrogen-bond acceptors (Lipinski definition) is 1. The van der Waals surface area contributed by atoms with Crippen molar-refractivity contribution in [1.82, 2.24) is 0 Å². The fourth-order valence-corrected chi connectivity index (χ4v) is 1.73. The van der Waals surface area contributed by atoms with Crippen LogP contribution in [0.2, 0.25) is 5.02 Å². The summed E-state index contributed by atoms with van der Waals surface area (Å²) in [5.41, 5.74) is 0.962. The summed E-state index contributed by atoms with van der Waals surface area (Å²) in [6.07, 6.45) is 4.82. The molecule has 3 heteroatoms. The molecule has 1 rings (SSSR count). The SMILES string of the molecule is CC=CCC(Cc1cccc(Cl)c1)C(=O)O. The Hall–Kier alpha value is -1.28. The van der Waals surface area contributed by atoms with Crippen LogP contribution in [-0.4, -0.2) is 11.1 Å². The molecule has 1 aromatic carbocycles. The third-order valence-electron chi connectivity index (χ3n) is 2.38. The Labute approximate surface area is 101 Å². The maximum absolute atomic E-state index is 11.0. The molecule has 0 saturated carbocycles. The summed E-state index contributed by atoms with van der Waals surface area (Å²) < 4.78 is 0. The monoisotopic (exact) mass is 238 g/mol. The number of aliphatic carboxylic acids is 1. The van der Waals surface area contributed by atoms with Crippen LogP contribution >= 0.6 is 11.6 Å². The van der Waals surface area contributed by atoms with E-state index in [1.165, 1.54) is 0 Å². The van der Waals surface area contributed by atoms with Gasteiger partial charge in [0.25, 0.3) is 0 Å². The highest BCUT2D eigenvalue weighted by Crippen LogP contribution is 2.17. The second kappa shape index (κ2) is 6.33. The topological polar surface area (TPSA) is 37.3 Å². The molecule has 1 aromatic rings. The lowest BCUT2D eigenvalue weighted by Gasteiger charge is -2.10. The van der Waals surface area contributed by atoms with E-state index in [-0.39, 0.29) is 5.92 Å². The summed E-state index contributed by atoms with van der Waals surface area (Å²) in [6.45, 7) is 1.89. The average molecular weight is 239 g/mol. The van der Waals surface area contributed by atoms with Crippen molar-refractivity contribution in [3.63, 3.8) is 0 Å². The predicted octanol–water partition coefficient (Wildman–Crippen LogP) is 3.55. The van der Waals surface area contributed by atoms with Crippen molar-refractivity contribution in [2.75, 3.05) is 0 Å². The number of hydrogen-bond donors (Lipinski definition) is 1. The van der Waals surface area contributed by atoms with E-state index in [0.717, 1.165) is 5.56 Å². The van der Waals surface area contributed by atoms with Crippen molar-refractivity contribution in [2.24, 2.45) is 5.92 Å². The van der Waals surface area contributed by atoms with Crippen LogP contribution in [0.1, 0.15) is 18.9 Å². The van der Waals surface area contributed by atoms with Gasteiger partial charge in [0.2, 0.25) is 0 Å². The lowest BCUT2D eigenvalue weighted by atomic mass is 9.96. The van der Waals surface area contributed by atoms with Gasteiger partial charge in [-0.1, -0.05) is 35.9 Å². The van der Waals surface area contributed by atoms with Crippen LogP contribution in [0.4, 0.5) is 0 Å². The maximum atomic E-state index is 11.0. The maximum Gasteiger partial charge on any atom is 0.307 e. The smallest absolute Gasteiger partial charge is 0.307 e. The molecule has 1 N–H and O–H groups in total. The van der Waals surface area contributed by atoms with Gasteiger partial charge < -0.3 is 5.11 Å². The van der Waals surface area contributed by atoms with E-state index in [4.69, 9.17) is 16.7 Å². The summed E-state index contributed by atoms with van der Waals surface area (Å²) in [5.74, 6) is -1.15. The molecule has 0 aliphatic carbocycles. The molecule has 0 heterocycles. The Morgan fingerprint density at radius 3 is 2.88 bits per heavy atom. The molecule has 0 aliphatic heterocycles. The van der Waals surface area contributed by atoms with Gasteiger partial charge in [0.05, 0.1) is 5.92 Å². The molecule has 0 spiro atoms. The van der Waals surface area contributed by atoms with Gasteiger partial charge in [0, 0.05) is 5.02 Å². The molecule has 16 heavy (non-hydrogen) atoms. The largest absolute Gasteiger partial charge is 0.481 e. The molecular weight excluding hydrogens is 224 g/mol. The molecule has 0 bridgehead atoms. The molecule has 0 radical (unpaired) electrons. The minimum Gasteiger partial charge on any atom is -0.481 e. The molecule has 0 aromatic heterocycles. The number of allylic oxidation sites excluding steroid dienone is 2. The summed E-state index contributed by atoms with van der Waals surface area (Å²) in [6, 6.07) is 7.34. The van der Waals surface area contributed by atoms with Crippen molar-refractivity contribution < 1.29 is 9.90 Å². The van der Waals surface area contributed by atoms with E-state index in [1.807, 2.05) is 37.3 Å². The Balaban J connectivity index is 2.71. The first-order chi connectivity index (χ1) is 7.63. The number of benzene rings is 1. The van der Waals surface area contributed by atoms with Crippen LogP contribution in [0, 0.1) is 5.92 Å². The van der Waals surface area contributed by atoms with E-state index in [0.29, 0.717) is 17.9 Å². The number of rotatable bonds is 5. The Morgan fingerprint density at radius 2 is 2.31 bits per heavy atom. The molecule has 2 nitrogen and oxygen atoms in total. The highest BCUT2D eigenvalue weighted by atomic mass is 35.5. The third-order valence-corrected chi connectivity index (χ3v) is 2.61. The summed E-state index contributed by atoms with van der Waals surface area (Å²) >= 11 is 5.85. The van der Waals surface area contributed by atoms with Crippen LogP contribution in [-0.2, 0) is 11.2 Å². The average Bonchev–Trinajstić information content (AvgIpc) is 2.24. The number of halogens is 1. The van der Waals surface area contributed by atoms with Gasteiger partial charge in [-0.3, -0.25) is 4.79 Å². The molecule has 1 atom stereocenters. The second-order valence-electron chi connectivity index (χ2n) is 3.67. The van der Waals surface area contributed by atoms with Crippen LogP contribution in [0.3, 0.4) is 0 Å².